The van der Waals surface area contributed by atoms with Gasteiger partial charge in [-0.1, -0.05) is 13.8 Å². The normalized spacial score (nSPS) is 11.8. The molecule has 3 heterocycles. The van der Waals surface area contributed by atoms with Gasteiger partial charge in [0.2, 0.25) is 0 Å². The molecule has 0 aliphatic carbocycles. The highest BCUT2D eigenvalue weighted by molar-refractivity contribution is 7.15. The summed E-state index contributed by atoms with van der Waals surface area (Å²) in [7, 11) is 0. The van der Waals surface area contributed by atoms with Crippen molar-refractivity contribution in [3.63, 3.8) is 0 Å². The third-order valence-electron chi connectivity index (χ3n) is 3.22. The Hall–Kier alpha value is -1.66. The van der Waals surface area contributed by atoms with Crippen molar-refractivity contribution in [1.29, 1.82) is 0 Å². The van der Waals surface area contributed by atoms with Crippen LogP contribution in [0.25, 0.3) is 4.96 Å². The Labute approximate surface area is 122 Å². The maximum atomic E-state index is 4.59. The second kappa shape index (κ2) is 5.38. The number of aromatic nitrogens is 4. The zero-order chi connectivity index (χ0) is 14.1. The van der Waals surface area contributed by atoms with Crippen molar-refractivity contribution in [2.24, 2.45) is 0 Å². The summed E-state index contributed by atoms with van der Waals surface area (Å²) in [5, 5.41) is 10.0. The maximum Gasteiger partial charge on any atom is 0.193 e. The number of thiazole rings is 1. The fourth-order valence-electron chi connectivity index (χ4n) is 2.15. The Kier molecular flexibility index (Phi) is 3.58. The average Bonchev–Trinajstić information content (AvgIpc) is 3.02. The van der Waals surface area contributed by atoms with Gasteiger partial charge in [0.1, 0.15) is 0 Å². The van der Waals surface area contributed by atoms with Crippen molar-refractivity contribution >= 4 is 16.3 Å². The fraction of sp³-hybridized carbons (Fsp3) is 0.429. The van der Waals surface area contributed by atoms with Crippen molar-refractivity contribution in [3.05, 3.63) is 40.9 Å². The van der Waals surface area contributed by atoms with E-state index in [9.17, 15) is 0 Å². The first-order valence-corrected chi connectivity index (χ1v) is 7.67. The summed E-state index contributed by atoms with van der Waals surface area (Å²) < 4.78 is 4.02. The first-order valence-electron chi connectivity index (χ1n) is 6.79. The summed E-state index contributed by atoms with van der Waals surface area (Å²) in [4.78, 5) is 5.62. The number of fused-ring (bicyclic) bond motifs is 1. The van der Waals surface area contributed by atoms with Crippen molar-refractivity contribution in [3.8, 4) is 0 Å². The molecule has 0 spiro atoms. The Morgan fingerprint density at radius 1 is 1.35 bits per heavy atom. The van der Waals surface area contributed by atoms with Crippen LogP contribution in [-0.2, 0) is 13.1 Å². The van der Waals surface area contributed by atoms with E-state index in [0.717, 1.165) is 29.4 Å². The minimum atomic E-state index is 0.484. The lowest BCUT2D eigenvalue weighted by atomic mass is 10.2. The molecule has 0 radical (unpaired) electrons. The van der Waals surface area contributed by atoms with Crippen LogP contribution in [0.3, 0.4) is 0 Å². The topological polar surface area (TPSA) is 47.2 Å². The van der Waals surface area contributed by atoms with Crippen LogP contribution in [0.4, 0.5) is 0 Å². The van der Waals surface area contributed by atoms with Gasteiger partial charge in [-0.15, -0.1) is 11.3 Å². The van der Waals surface area contributed by atoms with Crippen LogP contribution in [0.1, 0.15) is 30.8 Å². The Morgan fingerprint density at radius 3 is 2.95 bits per heavy atom. The Bertz CT molecular complexity index is 678. The van der Waals surface area contributed by atoms with E-state index in [0.29, 0.717) is 6.04 Å². The Morgan fingerprint density at radius 2 is 2.20 bits per heavy atom. The quantitative estimate of drug-likeness (QED) is 0.785. The Balaban J connectivity index is 1.74. The van der Waals surface area contributed by atoms with E-state index in [-0.39, 0.29) is 0 Å². The highest BCUT2D eigenvalue weighted by Crippen LogP contribution is 2.13. The number of rotatable bonds is 5. The largest absolute Gasteiger partial charge is 0.310 e. The molecule has 3 rings (SSSR count). The molecule has 1 N–H and O–H groups in total. The van der Waals surface area contributed by atoms with Gasteiger partial charge in [-0.3, -0.25) is 9.08 Å². The minimum Gasteiger partial charge on any atom is -0.310 e. The average molecular weight is 289 g/mol. The molecule has 0 aliphatic heterocycles. The van der Waals surface area contributed by atoms with E-state index in [4.69, 9.17) is 0 Å². The number of nitrogens with one attached hydrogen (secondary N) is 1. The molecule has 0 atom stereocenters. The third-order valence-corrected chi connectivity index (χ3v) is 3.99. The van der Waals surface area contributed by atoms with Crippen LogP contribution in [0.5, 0.6) is 0 Å². The van der Waals surface area contributed by atoms with Crippen LogP contribution in [0.2, 0.25) is 0 Å². The molecule has 0 aliphatic rings. The monoisotopic (exact) mass is 289 g/mol. The van der Waals surface area contributed by atoms with Crippen LogP contribution < -0.4 is 5.32 Å². The summed E-state index contributed by atoms with van der Waals surface area (Å²) in [6.07, 6.45) is 6.20. The molecule has 0 amide bonds. The molecule has 6 heteroatoms. The molecule has 106 valence electrons. The van der Waals surface area contributed by atoms with Gasteiger partial charge in [0.15, 0.2) is 4.96 Å². The van der Waals surface area contributed by atoms with Gasteiger partial charge in [0.05, 0.1) is 17.9 Å². The zero-order valence-corrected chi connectivity index (χ0v) is 12.8. The summed E-state index contributed by atoms with van der Waals surface area (Å²) >= 11 is 1.65. The highest BCUT2D eigenvalue weighted by Gasteiger charge is 2.08. The third kappa shape index (κ3) is 2.76. The summed E-state index contributed by atoms with van der Waals surface area (Å²) in [5.41, 5.74) is 3.38. The van der Waals surface area contributed by atoms with Gasteiger partial charge < -0.3 is 5.32 Å². The van der Waals surface area contributed by atoms with E-state index in [2.05, 4.69) is 53.0 Å². The molecule has 5 nitrogen and oxygen atoms in total. The summed E-state index contributed by atoms with van der Waals surface area (Å²) in [6.45, 7) is 7.94. The van der Waals surface area contributed by atoms with Crippen LogP contribution >= 0.6 is 11.3 Å². The predicted octanol–water partition coefficient (Wildman–Crippen LogP) is 2.45. The number of aryl methyl sites for hydroxylation is 1. The molecule has 0 saturated carbocycles. The van der Waals surface area contributed by atoms with Gasteiger partial charge in [-0.25, -0.2) is 4.98 Å². The van der Waals surface area contributed by atoms with Crippen LogP contribution in [0, 0.1) is 6.92 Å². The minimum absolute atomic E-state index is 0.484. The second-order valence-corrected chi connectivity index (χ2v) is 6.17. The lowest BCUT2D eigenvalue weighted by Gasteiger charge is -2.06. The maximum absolute atomic E-state index is 4.59. The van der Waals surface area contributed by atoms with Gasteiger partial charge in [0, 0.05) is 42.1 Å². The van der Waals surface area contributed by atoms with E-state index in [1.54, 1.807) is 11.3 Å². The van der Waals surface area contributed by atoms with Gasteiger partial charge >= 0.3 is 0 Å². The number of hydrogen-bond acceptors (Lipinski definition) is 4. The lowest BCUT2D eigenvalue weighted by molar-refractivity contribution is 0.587. The molecule has 0 unspecified atom stereocenters. The van der Waals surface area contributed by atoms with Crippen molar-refractivity contribution < 1.29 is 0 Å². The van der Waals surface area contributed by atoms with E-state index in [1.165, 1.54) is 5.56 Å². The molecule has 0 aromatic carbocycles. The SMILES string of the molecule is Cc1nn(Cc2cn3ccsc3n2)cc1CNC(C)C. The van der Waals surface area contributed by atoms with E-state index < -0.39 is 0 Å². The molecule has 3 aromatic rings. The molecule has 20 heavy (non-hydrogen) atoms. The van der Waals surface area contributed by atoms with Crippen LogP contribution in [0.15, 0.2) is 24.0 Å². The first-order chi connectivity index (χ1) is 9.61. The highest BCUT2D eigenvalue weighted by atomic mass is 32.1. The van der Waals surface area contributed by atoms with Crippen LogP contribution in [-0.4, -0.2) is 25.2 Å². The standard InChI is InChI=1S/C14H19N5S/c1-10(2)15-6-12-7-19(17-11(12)3)9-13-8-18-4-5-20-14(18)16-13/h4-5,7-8,10,15H,6,9H2,1-3H3. The second-order valence-electron chi connectivity index (χ2n) is 5.30. The van der Waals surface area contributed by atoms with Gasteiger partial charge in [-0.05, 0) is 6.92 Å². The predicted molar refractivity (Wildman–Crippen MR) is 81.1 cm³/mol. The number of hydrogen-bond donors (Lipinski definition) is 1. The van der Waals surface area contributed by atoms with Crippen molar-refractivity contribution in [2.75, 3.05) is 0 Å². The first kappa shape index (κ1) is 13.3. The zero-order valence-electron chi connectivity index (χ0n) is 12.0. The summed E-state index contributed by atoms with van der Waals surface area (Å²) in [5.74, 6) is 0. The van der Waals surface area contributed by atoms with E-state index in [1.807, 2.05) is 16.3 Å². The summed E-state index contributed by atoms with van der Waals surface area (Å²) in [6, 6.07) is 0.484. The molecule has 0 bridgehead atoms. The van der Waals surface area contributed by atoms with Crippen molar-refractivity contribution in [1.82, 2.24) is 24.5 Å². The number of nitrogens with zero attached hydrogens (tertiary/aromatic N) is 4. The lowest BCUT2D eigenvalue weighted by Crippen LogP contribution is -2.21. The fourth-order valence-corrected chi connectivity index (χ4v) is 2.86. The molecular weight excluding hydrogens is 270 g/mol. The van der Waals surface area contributed by atoms with E-state index >= 15 is 0 Å². The smallest absolute Gasteiger partial charge is 0.193 e. The van der Waals surface area contributed by atoms with Gasteiger partial charge in [0.25, 0.3) is 0 Å². The molecular formula is C14H19N5S. The molecule has 3 aromatic heterocycles. The number of imidazole rings is 1. The van der Waals surface area contributed by atoms with Crippen molar-refractivity contribution in [2.45, 2.75) is 39.9 Å². The molecule has 0 saturated heterocycles. The van der Waals surface area contributed by atoms with Gasteiger partial charge in [-0.2, -0.15) is 5.10 Å². The molecule has 0 fully saturated rings.